The molecule has 0 saturated carbocycles. The number of amidine groups is 1. The van der Waals surface area contributed by atoms with Crippen LogP contribution in [-0.2, 0) is 11.3 Å². The van der Waals surface area contributed by atoms with E-state index in [-0.39, 0.29) is 5.91 Å². The van der Waals surface area contributed by atoms with Crippen LogP contribution in [0.25, 0.3) is 0 Å². The van der Waals surface area contributed by atoms with Gasteiger partial charge in [0.05, 0.1) is 34.5 Å². The third-order valence-electron chi connectivity index (χ3n) is 4.16. The summed E-state index contributed by atoms with van der Waals surface area (Å²) in [5, 5.41) is 13.1. The third kappa shape index (κ3) is 4.98. The minimum absolute atomic E-state index is 0.0762. The smallest absolute Gasteiger partial charge is 0.268 e. The van der Waals surface area contributed by atoms with E-state index in [9.17, 15) is 10.1 Å². The van der Waals surface area contributed by atoms with Gasteiger partial charge < -0.3 is 10.2 Å². The van der Waals surface area contributed by atoms with Crippen LogP contribution in [0.4, 0.5) is 11.4 Å². The van der Waals surface area contributed by atoms with Gasteiger partial charge >= 0.3 is 0 Å². The highest BCUT2D eigenvalue weighted by molar-refractivity contribution is 8.18. The van der Waals surface area contributed by atoms with Crippen molar-refractivity contribution in [2.75, 3.05) is 26.0 Å². The molecule has 6 nitrogen and oxygen atoms in total. The molecule has 2 aromatic carbocycles. The van der Waals surface area contributed by atoms with E-state index < -0.39 is 0 Å². The van der Waals surface area contributed by atoms with Gasteiger partial charge in [0.1, 0.15) is 0 Å². The molecule has 0 aliphatic carbocycles. The first-order chi connectivity index (χ1) is 14.0. The van der Waals surface area contributed by atoms with Gasteiger partial charge in [-0.15, -0.1) is 0 Å². The average Bonchev–Trinajstić information content (AvgIpc) is 2.98. The Morgan fingerprint density at radius 3 is 2.66 bits per heavy atom. The normalized spacial score (nSPS) is 16.3. The SMILES string of the molecule is CCNc1ccc(C#N)cc1/N=C1\SC(=CN(C)C)C(=O)N1Cc1ccccc1. The molecule has 0 bridgehead atoms. The molecular weight excluding hydrogens is 382 g/mol. The van der Waals surface area contributed by atoms with Crippen LogP contribution in [0.5, 0.6) is 0 Å². The molecule has 0 aromatic heterocycles. The van der Waals surface area contributed by atoms with Gasteiger partial charge in [-0.1, -0.05) is 30.3 Å². The summed E-state index contributed by atoms with van der Waals surface area (Å²) in [4.78, 5) is 22.0. The number of thioether (sulfide) groups is 1. The second kappa shape index (κ2) is 9.30. The van der Waals surface area contributed by atoms with E-state index in [1.165, 1.54) is 11.8 Å². The maximum absolute atomic E-state index is 13.0. The lowest BCUT2D eigenvalue weighted by molar-refractivity contribution is -0.122. The van der Waals surface area contributed by atoms with Crippen LogP contribution in [-0.4, -0.2) is 41.5 Å². The molecule has 7 heteroatoms. The first-order valence-corrected chi connectivity index (χ1v) is 10.1. The predicted octanol–water partition coefficient (Wildman–Crippen LogP) is 4.16. The molecule has 1 fully saturated rings. The Labute approximate surface area is 175 Å². The highest BCUT2D eigenvalue weighted by Crippen LogP contribution is 2.36. The summed E-state index contributed by atoms with van der Waals surface area (Å²) in [5.74, 6) is -0.0762. The zero-order valence-corrected chi connectivity index (χ0v) is 17.5. The molecular formula is C22H23N5OS. The molecule has 1 N–H and O–H groups in total. The maximum Gasteiger partial charge on any atom is 0.268 e. The van der Waals surface area contributed by atoms with Gasteiger partial charge in [-0.05, 0) is 42.4 Å². The second-order valence-corrected chi connectivity index (χ2v) is 7.71. The van der Waals surface area contributed by atoms with Gasteiger partial charge in [0.25, 0.3) is 5.91 Å². The summed E-state index contributed by atoms with van der Waals surface area (Å²) in [6.07, 6.45) is 1.81. The fraction of sp³-hybridized carbons (Fsp3) is 0.227. The minimum atomic E-state index is -0.0762. The molecule has 1 aliphatic rings. The molecule has 29 heavy (non-hydrogen) atoms. The molecule has 1 heterocycles. The van der Waals surface area contributed by atoms with Crippen molar-refractivity contribution in [3.63, 3.8) is 0 Å². The van der Waals surface area contributed by atoms with Crippen molar-refractivity contribution in [2.24, 2.45) is 4.99 Å². The van der Waals surface area contributed by atoms with Gasteiger partial charge in [0.2, 0.25) is 0 Å². The van der Waals surface area contributed by atoms with Crippen molar-refractivity contribution in [3.8, 4) is 6.07 Å². The van der Waals surface area contributed by atoms with E-state index in [0.29, 0.717) is 27.9 Å². The van der Waals surface area contributed by atoms with Crippen molar-refractivity contribution in [1.29, 1.82) is 5.26 Å². The van der Waals surface area contributed by atoms with E-state index in [4.69, 9.17) is 4.99 Å². The number of hydrogen-bond donors (Lipinski definition) is 1. The number of nitriles is 1. The van der Waals surface area contributed by atoms with Crippen LogP contribution < -0.4 is 5.32 Å². The van der Waals surface area contributed by atoms with E-state index >= 15 is 0 Å². The Kier molecular flexibility index (Phi) is 6.57. The zero-order chi connectivity index (χ0) is 20.8. The first kappa shape index (κ1) is 20.5. The Morgan fingerprint density at radius 1 is 1.24 bits per heavy atom. The van der Waals surface area contributed by atoms with Crippen LogP contribution in [0, 0.1) is 11.3 Å². The predicted molar refractivity (Wildman–Crippen MR) is 119 cm³/mol. The number of nitrogens with zero attached hydrogens (tertiary/aromatic N) is 4. The number of anilines is 1. The van der Waals surface area contributed by atoms with Gasteiger partial charge in [-0.3, -0.25) is 9.69 Å². The van der Waals surface area contributed by atoms with Crippen LogP contribution in [0.3, 0.4) is 0 Å². The number of hydrogen-bond acceptors (Lipinski definition) is 6. The number of carbonyl (C=O) groups is 1. The highest BCUT2D eigenvalue weighted by Gasteiger charge is 2.34. The Balaban J connectivity index is 2.04. The fourth-order valence-electron chi connectivity index (χ4n) is 2.86. The number of carbonyl (C=O) groups excluding carboxylic acids is 1. The van der Waals surface area contributed by atoms with Crippen LogP contribution in [0.1, 0.15) is 18.1 Å². The van der Waals surface area contributed by atoms with Gasteiger partial charge in [0, 0.05) is 26.8 Å². The lowest BCUT2D eigenvalue weighted by Crippen LogP contribution is -2.28. The molecule has 1 saturated heterocycles. The number of amides is 1. The molecule has 1 aliphatic heterocycles. The largest absolute Gasteiger partial charge is 0.384 e. The molecule has 0 spiro atoms. The van der Waals surface area contributed by atoms with Crippen molar-refractivity contribution in [2.45, 2.75) is 13.5 Å². The van der Waals surface area contributed by atoms with Crippen LogP contribution in [0.15, 0.2) is 64.6 Å². The number of rotatable bonds is 6. The summed E-state index contributed by atoms with van der Waals surface area (Å²) < 4.78 is 0. The maximum atomic E-state index is 13.0. The Bertz CT molecular complexity index is 992. The average molecular weight is 406 g/mol. The molecule has 3 rings (SSSR count). The highest BCUT2D eigenvalue weighted by atomic mass is 32.2. The number of nitrogens with one attached hydrogen (secondary N) is 1. The van der Waals surface area contributed by atoms with Crippen LogP contribution in [0.2, 0.25) is 0 Å². The lowest BCUT2D eigenvalue weighted by atomic mass is 10.2. The van der Waals surface area contributed by atoms with Gasteiger partial charge in [-0.25, -0.2) is 4.99 Å². The molecule has 0 unspecified atom stereocenters. The monoisotopic (exact) mass is 405 g/mol. The zero-order valence-electron chi connectivity index (χ0n) is 16.7. The van der Waals surface area contributed by atoms with Crippen LogP contribution >= 0.6 is 11.8 Å². The molecule has 2 aromatic rings. The van der Waals surface area contributed by atoms with E-state index in [0.717, 1.165) is 17.8 Å². The minimum Gasteiger partial charge on any atom is -0.384 e. The fourth-order valence-corrected chi connectivity index (χ4v) is 3.92. The van der Waals surface area contributed by atoms with Crippen molar-refractivity contribution in [1.82, 2.24) is 9.80 Å². The van der Waals surface area contributed by atoms with Crippen molar-refractivity contribution < 1.29 is 4.79 Å². The topological polar surface area (TPSA) is 71.7 Å². The van der Waals surface area contributed by atoms with E-state index in [1.54, 1.807) is 17.0 Å². The molecule has 1 amide bonds. The lowest BCUT2D eigenvalue weighted by Gasteiger charge is -2.16. The quantitative estimate of drug-likeness (QED) is 0.731. The van der Waals surface area contributed by atoms with E-state index in [1.807, 2.05) is 68.5 Å². The standard InChI is InChI=1S/C22H23N5OS/c1-4-24-18-11-10-17(13-23)12-19(18)25-22-27(14-16-8-6-5-7-9-16)21(28)20(29-22)15-26(2)3/h5-12,15,24H,4,14H2,1-3H3/b20-15?,25-22-. The summed E-state index contributed by atoms with van der Waals surface area (Å²) in [7, 11) is 3.77. The summed E-state index contributed by atoms with van der Waals surface area (Å²) in [6, 6.07) is 17.3. The number of benzene rings is 2. The summed E-state index contributed by atoms with van der Waals surface area (Å²) in [6.45, 7) is 3.17. The molecule has 148 valence electrons. The second-order valence-electron chi connectivity index (χ2n) is 6.70. The first-order valence-electron chi connectivity index (χ1n) is 9.30. The Hall–Kier alpha value is -3.24. The third-order valence-corrected chi connectivity index (χ3v) is 5.15. The van der Waals surface area contributed by atoms with Crippen molar-refractivity contribution in [3.05, 3.63) is 70.8 Å². The van der Waals surface area contributed by atoms with Crippen molar-refractivity contribution >= 4 is 34.2 Å². The van der Waals surface area contributed by atoms with E-state index in [2.05, 4.69) is 11.4 Å². The van der Waals surface area contributed by atoms with Gasteiger partial charge in [-0.2, -0.15) is 5.26 Å². The summed E-state index contributed by atoms with van der Waals surface area (Å²) in [5.41, 5.74) is 3.03. The number of aliphatic imine (C=N–C) groups is 1. The van der Waals surface area contributed by atoms with Gasteiger partial charge in [0.15, 0.2) is 5.17 Å². The summed E-state index contributed by atoms with van der Waals surface area (Å²) >= 11 is 1.34. The Morgan fingerprint density at radius 2 is 2.00 bits per heavy atom. The molecule has 0 radical (unpaired) electrons. The molecule has 0 atom stereocenters.